The van der Waals surface area contributed by atoms with Gasteiger partial charge in [-0.05, 0) is 31.0 Å². The SMILES string of the molecule is COC(=O)c1cccc(NC(=O)COC(=O)CCCCCNC(C)=O)c1. The van der Waals surface area contributed by atoms with Crippen LogP contribution in [0.2, 0.25) is 0 Å². The van der Waals surface area contributed by atoms with Crippen LogP contribution < -0.4 is 10.6 Å². The molecule has 0 bridgehead atoms. The van der Waals surface area contributed by atoms with Gasteiger partial charge in [0.1, 0.15) is 0 Å². The fraction of sp³-hybridized carbons (Fsp3) is 0.444. The lowest BCUT2D eigenvalue weighted by atomic mass is 10.2. The minimum atomic E-state index is -0.508. The second-order valence-electron chi connectivity index (χ2n) is 5.57. The van der Waals surface area contributed by atoms with Crippen LogP contribution in [0.4, 0.5) is 5.69 Å². The lowest BCUT2D eigenvalue weighted by molar-refractivity contribution is -0.147. The summed E-state index contributed by atoms with van der Waals surface area (Å²) in [6, 6.07) is 6.25. The lowest BCUT2D eigenvalue weighted by Gasteiger charge is -2.08. The predicted molar refractivity (Wildman–Crippen MR) is 94.5 cm³/mol. The molecule has 0 unspecified atom stereocenters. The molecule has 142 valence electrons. The molecule has 2 N–H and O–H groups in total. The van der Waals surface area contributed by atoms with Gasteiger partial charge in [0.15, 0.2) is 6.61 Å². The van der Waals surface area contributed by atoms with E-state index in [1.54, 1.807) is 18.2 Å². The van der Waals surface area contributed by atoms with E-state index in [4.69, 9.17) is 4.74 Å². The quantitative estimate of drug-likeness (QED) is 0.482. The summed E-state index contributed by atoms with van der Waals surface area (Å²) in [7, 11) is 1.27. The Kier molecular flexibility index (Phi) is 9.45. The van der Waals surface area contributed by atoms with Crippen molar-refractivity contribution in [2.45, 2.75) is 32.6 Å². The van der Waals surface area contributed by atoms with Gasteiger partial charge in [-0.1, -0.05) is 12.5 Å². The third-order valence-electron chi connectivity index (χ3n) is 3.36. The van der Waals surface area contributed by atoms with Crippen molar-refractivity contribution in [3.63, 3.8) is 0 Å². The fourth-order valence-corrected chi connectivity index (χ4v) is 2.09. The molecule has 0 spiro atoms. The zero-order chi connectivity index (χ0) is 19.4. The Balaban J connectivity index is 2.24. The van der Waals surface area contributed by atoms with Gasteiger partial charge in [0.05, 0.1) is 12.7 Å². The van der Waals surface area contributed by atoms with Gasteiger partial charge < -0.3 is 20.1 Å². The molecule has 0 aliphatic carbocycles. The number of carbonyl (C=O) groups excluding carboxylic acids is 4. The van der Waals surface area contributed by atoms with Gasteiger partial charge in [-0.3, -0.25) is 14.4 Å². The third kappa shape index (κ3) is 8.81. The molecule has 1 aromatic carbocycles. The van der Waals surface area contributed by atoms with Crippen LogP contribution >= 0.6 is 0 Å². The average molecular weight is 364 g/mol. The van der Waals surface area contributed by atoms with Crippen molar-refractivity contribution in [3.05, 3.63) is 29.8 Å². The van der Waals surface area contributed by atoms with E-state index in [9.17, 15) is 19.2 Å². The van der Waals surface area contributed by atoms with Gasteiger partial charge in [0.25, 0.3) is 5.91 Å². The van der Waals surface area contributed by atoms with Crippen molar-refractivity contribution in [3.8, 4) is 0 Å². The molecule has 0 heterocycles. The fourth-order valence-electron chi connectivity index (χ4n) is 2.09. The van der Waals surface area contributed by atoms with E-state index in [-0.39, 0.29) is 12.3 Å². The molecule has 8 heteroatoms. The maximum Gasteiger partial charge on any atom is 0.337 e. The van der Waals surface area contributed by atoms with Crippen LogP contribution in [-0.4, -0.2) is 44.0 Å². The molecule has 8 nitrogen and oxygen atoms in total. The number of esters is 2. The molecule has 1 rings (SSSR count). The number of rotatable bonds is 10. The summed E-state index contributed by atoms with van der Waals surface area (Å²) in [5, 5.41) is 5.22. The monoisotopic (exact) mass is 364 g/mol. The number of unbranched alkanes of at least 4 members (excludes halogenated alkanes) is 2. The van der Waals surface area contributed by atoms with E-state index in [0.717, 1.165) is 12.8 Å². The molecule has 0 atom stereocenters. The Bertz CT molecular complexity index is 644. The predicted octanol–water partition coefficient (Wildman–Crippen LogP) is 1.65. The Morgan fingerprint density at radius 1 is 1.08 bits per heavy atom. The minimum Gasteiger partial charge on any atom is -0.465 e. The number of hydrogen-bond donors (Lipinski definition) is 2. The number of nitrogens with one attached hydrogen (secondary N) is 2. The zero-order valence-corrected chi connectivity index (χ0v) is 15.0. The minimum absolute atomic E-state index is 0.0763. The molecule has 0 aliphatic heterocycles. The van der Waals surface area contributed by atoms with E-state index in [0.29, 0.717) is 24.2 Å². The van der Waals surface area contributed by atoms with Gasteiger partial charge in [-0.2, -0.15) is 0 Å². The summed E-state index contributed by atoms with van der Waals surface area (Å²) in [6.45, 7) is 1.64. The maximum absolute atomic E-state index is 11.8. The summed E-state index contributed by atoms with van der Waals surface area (Å²) in [5.74, 6) is -1.53. The smallest absolute Gasteiger partial charge is 0.337 e. The van der Waals surface area contributed by atoms with Crippen molar-refractivity contribution in [2.24, 2.45) is 0 Å². The van der Waals surface area contributed by atoms with Crippen molar-refractivity contribution in [1.82, 2.24) is 5.32 Å². The number of benzene rings is 1. The normalized spacial score (nSPS) is 9.92. The highest BCUT2D eigenvalue weighted by Gasteiger charge is 2.10. The van der Waals surface area contributed by atoms with Crippen molar-refractivity contribution < 1.29 is 28.7 Å². The summed E-state index contributed by atoms with van der Waals surface area (Å²) in [6.07, 6.45) is 2.40. The second kappa shape index (κ2) is 11.6. The molecular weight excluding hydrogens is 340 g/mol. The van der Waals surface area contributed by atoms with E-state index < -0.39 is 24.5 Å². The first-order valence-electron chi connectivity index (χ1n) is 8.30. The number of hydrogen-bond acceptors (Lipinski definition) is 6. The van der Waals surface area contributed by atoms with Gasteiger partial charge in [0, 0.05) is 25.6 Å². The summed E-state index contributed by atoms with van der Waals surface area (Å²) in [4.78, 5) is 45.5. The van der Waals surface area contributed by atoms with Crippen molar-refractivity contribution in [2.75, 3.05) is 25.6 Å². The average Bonchev–Trinajstić information content (AvgIpc) is 2.62. The van der Waals surface area contributed by atoms with Gasteiger partial charge >= 0.3 is 11.9 Å². The van der Waals surface area contributed by atoms with Crippen LogP contribution in [0.5, 0.6) is 0 Å². The second-order valence-corrected chi connectivity index (χ2v) is 5.57. The standard InChI is InChI=1S/C18H24N2O6/c1-13(21)19-10-5-3-4-9-17(23)26-12-16(22)20-15-8-6-7-14(11-15)18(24)25-2/h6-8,11H,3-5,9-10,12H2,1-2H3,(H,19,21)(H,20,22). The zero-order valence-electron chi connectivity index (χ0n) is 15.0. The highest BCUT2D eigenvalue weighted by atomic mass is 16.5. The molecule has 0 aliphatic rings. The van der Waals surface area contributed by atoms with Crippen LogP contribution in [0, 0.1) is 0 Å². The van der Waals surface area contributed by atoms with Crippen molar-refractivity contribution >= 4 is 29.4 Å². The Labute approximate surface area is 152 Å². The molecule has 2 amide bonds. The Hall–Kier alpha value is -2.90. The number of ether oxygens (including phenoxy) is 2. The number of methoxy groups -OCH3 is 1. The van der Waals surface area contributed by atoms with Crippen molar-refractivity contribution in [1.29, 1.82) is 0 Å². The van der Waals surface area contributed by atoms with Crippen LogP contribution in [0.15, 0.2) is 24.3 Å². The number of carbonyl (C=O) groups is 4. The molecule has 0 radical (unpaired) electrons. The van der Waals surface area contributed by atoms with Gasteiger partial charge in [-0.25, -0.2) is 4.79 Å². The largest absolute Gasteiger partial charge is 0.465 e. The molecular formula is C18H24N2O6. The Morgan fingerprint density at radius 3 is 2.54 bits per heavy atom. The van der Waals surface area contributed by atoms with Gasteiger partial charge in [-0.15, -0.1) is 0 Å². The van der Waals surface area contributed by atoms with E-state index >= 15 is 0 Å². The molecule has 26 heavy (non-hydrogen) atoms. The van der Waals surface area contributed by atoms with Crippen LogP contribution in [0.1, 0.15) is 43.0 Å². The first-order chi connectivity index (χ1) is 12.4. The molecule has 0 aromatic heterocycles. The first-order valence-corrected chi connectivity index (χ1v) is 8.30. The highest BCUT2D eigenvalue weighted by Crippen LogP contribution is 2.11. The summed E-state index contributed by atoms with van der Waals surface area (Å²) in [5.41, 5.74) is 0.716. The Morgan fingerprint density at radius 2 is 1.85 bits per heavy atom. The summed E-state index contributed by atoms with van der Waals surface area (Å²) < 4.78 is 9.51. The lowest BCUT2D eigenvalue weighted by Crippen LogP contribution is -2.21. The van der Waals surface area contributed by atoms with Crippen LogP contribution in [-0.2, 0) is 23.9 Å². The van der Waals surface area contributed by atoms with E-state index in [1.165, 1.54) is 20.1 Å². The summed E-state index contributed by atoms with van der Waals surface area (Å²) >= 11 is 0. The van der Waals surface area contributed by atoms with Crippen LogP contribution in [0.3, 0.4) is 0 Å². The van der Waals surface area contributed by atoms with Gasteiger partial charge in [0.2, 0.25) is 5.91 Å². The molecule has 0 saturated carbocycles. The molecule has 0 fully saturated rings. The van der Waals surface area contributed by atoms with E-state index in [1.807, 2.05) is 0 Å². The molecule has 1 aromatic rings. The highest BCUT2D eigenvalue weighted by molar-refractivity contribution is 5.95. The first kappa shape index (κ1) is 21.1. The topological polar surface area (TPSA) is 111 Å². The van der Waals surface area contributed by atoms with Crippen LogP contribution in [0.25, 0.3) is 0 Å². The number of anilines is 1. The third-order valence-corrected chi connectivity index (χ3v) is 3.36. The molecule has 0 saturated heterocycles. The maximum atomic E-state index is 11.8. The number of amides is 2. The van der Waals surface area contributed by atoms with E-state index in [2.05, 4.69) is 15.4 Å².